The van der Waals surface area contributed by atoms with E-state index >= 15 is 0 Å². The number of esters is 1. The van der Waals surface area contributed by atoms with Gasteiger partial charge in [0.1, 0.15) is 6.04 Å². The SMILES string of the molecule is COC(=O)C(Cc1ccccc1)NC(=O)Cl. The maximum absolute atomic E-state index is 11.4. The zero-order valence-corrected chi connectivity index (χ0v) is 9.53. The number of methoxy groups -OCH3 is 1. The third kappa shape index (κ3) is 3.90. The van der Waals surface area contributed by atoms with Crippen LogP contribution in [-0.4, -0.2) is 24.5 Å². The van der Waals surface area contributed by atoms with Gasteiger partial charge in [-0.05, 0) is 17.2 Å². The van der Waals surface area contributed by atoms with Crippen molar-refractivity contribution in [3.63, 3.8) is 0 Å². The summed E-state index contributed by atoms with van der Waals surface area (Å²) in [6, 6.07) is 8.54. The molecule has 0 heterocycles. The largest absolute Gasteiger partial charge is 0.467 e. The lowest BCUT2D eigenvalue weighted by Crippen LogP contribution is -2.40. The minimum atomic E-state index is -0.772. The average Bonchev–Trinajstić information content (AvgIpc) is 2.28. The van der Waals surface area contributed by atoms with Crippen LogP contribution < -0.4 is 5.32 Å². The van der Waals surface area contributed by atoms with E-state index in [-0.39, 0.29) is 0 Å². The molecule has 86 valence electrons. The lowest BCUT2D eigenvalue weighted by Gasteiger charge is -2.14. The summed E-state index contributed by atoms with van der Waals surface area (Å²) in [5.41, 5.74) is 0.920. The van der Waals surface area contributed by atoms with Gasteiger partial charge >= 0.3 is 11.3 Å². The standard InChI is InChI=1S/C11H12ClNO3/c1-16-10(14)9(13-11(12)15)7-8-5-3-2-4-6-8/h2-6,9H,7H2,1H3,(H,13,15). The Morgan fingerprint density at radius 2 is 2.00 bits per heavy atom. The summed E-state index contributed by atoms with van der Waals surface area (Å²) in [6.45, 7) is 0. The highest BCUT2D eigenvalue weighted by Gasteiger charge is 2.20. The van der Waals surface area contributed by atoms with Gasteiger partial charge in [-0.2, -0.15) is 0 Å². The Kier molecular flexibility index (Phi) is 4.79. The van der Waals surface area contributed by atoms with E-state index in [2.05, 4.69) is 10.1 Å². The van der Waals surface area contributed by atoms with Crippen molar-refractivity contribution in [1.82, 2.24) is 5.32 Å². The van der Waals surface area contributed by atoms with Gasteiger partial charge in [-0.1, -0.05) is 30.3 Å². The Hall–Kier alpha value is -1.55. The second-order valence-electron chi connectivity index (χ2n) is 3.18. The molecule has 4 nitrogen and oxygen atoms in total. The third-order valence-electron chi connectivity index (χ3n) is 2.06. The van der Waals surface area contributed by atoms with E-state index < -0.39 is 17.4 Å². The van der Waals surface area contributed by atoms with Crippen molar-refractivity contribution in [3.8, 4) is 0 Å². The summed E-state index contributed by atoms with van der Waals surface area (Å²) < 4.78 is 4.57. The van der Waals surface area contributed by atoms with E-state index in [1.54, 1.807) is 0 Å². The fourth-order valence-corrected chi connectivity index (χ4v) is 1.45. The number of halogens is 1. The van der Waals surface area contributed by atoms with Crippen LogP contribution in [0.1, 0.15) is 5.56 Å². The van der Waals surface area contributed by atoms with Crippen LogP contribution >= 0.6 is 11.6 Å². The highest BCUT2D eigenvalue weighted by molar-refractivity contribution is 6.63. The highest BCUT2D eigenvalue weighted by atomic mass is 35.5. The van der Waals surface area contributed by atoms with E-state index in [9.17, 15) is 9.59 Å². The Morgan fingerprint density at radius 1 is 1.38 bits per heavy atom. The number of ether oxygens (including phenoxy) is 1. The molecule has 0 saturated heterocycles. The Balaban J connectivity index is 2.70. The molecular formula is C11H12ClNO3. The monoisotopic (exact) mass is 241 g/mol. The summed E-state index contributed by atoms with van der Waals surface area (Å²) >= 11 is 5.18. The molecule has 0 aliphatic carbocycles. The van der Waals surface area contributed by atoms with Crippen LogP contribution in [0.3, 0.4) is 0 Å². The summed E-state index contributed by atoms with van der Waals surface area (Å²) in [7, 11) is 1.26. The molecule has 0 saturated carbocycles. The van der Waals surface area contributed by atoms with Crippen LogP contribution in [0.15, 0.2) is 30.3 Å². The molecule has 1 atom stereocenters. The van der Waals surface area contributed by atoms with E-state index in [0.29, 0.717) is 6.42 Å². The van der Waals surface area contributed by atoms with Crippen LogP contribution in [0.5, 0.6) is 0 Å². The van der Waals surface area contributed by atoms with Crippen molar-refractivity contribution in [3.05, 3.63) is 35.9 Å². The first-order valence-electron chi connectivity index (χ1n) is 4.71. The summed E-state index contributed by atoms with van der Waals surface area (Å²) in [4.78, 5) is 22.1. The molecule has 0 radical (unpaired) electrons. The molecule has 1 aromatic carbocycles. The topological polar surface area (TPSA) is 55.4 Å². The molecule has 0 aliphatic heterocycles. The molecule has 1 rings (SSSR count). The van der Waals surface area contributed by atoms with Crippen molar-refractivity contribution in [2.45, 2.75) is 12.5 Å². The van der Waals surface area contributed by atoms with Crippen molar-refractivity contribution < 1.29 is 14.3 Å². The van der Waals surface area contributed by atoms with E-state index in [0.717, 1.165) is 5.56 Å². The Labute approximate surface area is 98.5 Å². The first-order valence-corrected chi connectivity index (χ1v) is 5.09. The van der Waals surface area contributed by atoms with Gasteiger partial charge in [0.15, 0.2) is 0 Å². The molecule has 16 heavy (non-hydrogen) atoms. The molecule has 0 aromatic heterocycles. The van der Waals surface area contributed by atoms with Gasteiger partial charge in [0, 0.05) is 6.42 Å². The van der Waals surface area contributed by atoms with Crippen LogP contribution in [0.25, 0.3) is 0 Å². The quantitative estimate of drug-likeness (QED) is 0.496. The Bertz CT molecular complexity index is 367. The van der Waals surface area contributed by atoms with Crippen LogP contribution in [0, 0.1) is 0 Å². The van der Waals surface area contributed by atoms with E-state index in [4.69, 9.17) is 11.6 Å². The maximum atomic E-state index is 11.4. The number of nitrogens with one attached hydrogen (secondary N) is 1. The van der Waals surface area contributed by atoms with Gasteiger partial charge in [0.05, 0.1) is 7.11 Å². The smallest absolute Gasteiger partial charge is 0.328 e. The van der Waals surface area contributed by atoms with Gasteiger partial charge in [0.2, 0.25) is 0 Å². The van der Waals surface area contributed by atoms with Crippen LogP contribution in [-0.2, 0) is 16.0 Å². The molecule has 0 spiro atoms. The van der Waals surface area contributed by atoms with Crippen molar-refractivity contribution in [2.75, 3.05) is 7.11 Å². The number of carbonyl (C=O) groups is 2. The number of hydrogen-bond acceptors (Lipinski definition) is 3. The lowest BCUT2D eigenvalue weighted by molar-refractivity contribution is -0.142. The second kappa shape index (κ2) is 6.12. The number of rotatable bonds is 4. The minimum Gasteiger partial charge on any atom is -0.467 e. The van der Waals surface area contributed by atoms with Gasteiger partial charge in [-0.15, -0.1) is 0 Å². The predicted octanol–water partition coefficient (Wildman–Crippen LogP) is 1.72. The zero-order valence-electron chi connectivity index (χ0n) is 8.77. The highest BCUT2D eigenvalue weighted by Crippen LogP contribution is 2.05. The number of carbonyl (C=O) groups excluding carboxylic acids is 2. The van der Waals surface area contributed by atoms with Gasteiger partial charge in [0.25, 0.3) is 0 Å². The molecule has 0 fully saturated rings. The third-order valence-corrected chi connectivity index (χ3v) is 2.17. The summed E-state index contributed by atoms with van der Waals surface area (Å²) in [5, 5.41) is 1.56. The molecule has 1 unspecified atom stereocenters. The summed E-state index contributed by atoms with van der Waals surface area (Å²) in [6.07, 6.45) is 0.353. The molecule has 0 aliphatic rings. The summed E-state index contributed by atoms with van der Waals surface area (Å²) in [5.74, 6) is -0.516. The maximum Gasteiger partial charge on any atom is 0.328 e. The number of benzene rings is 1. The van der Waals surface area contributed by atoms with Crippen molar-refractivity contribution >= 4 is 22.9 Å². The average molecular weight is 242 g/mol. The normalized spacial score (nSPS) is 11.6. The van der Waals surface area contributed by atoms with E-state index in [1.807, 2.05) is 30.3 Å². The zero-order chi connectivity index (χ0) is 12.0. The van der Waals surface area contributed by atoms with Crippen molar-refractivity contribution in [2.24, 2.45) is 0 Å². The lowest BCUT2D eigenvalue weighted by atomic mass is 10.1. The van der Waals surface area contributed by atoms with Crippen molar-refractivity contribution in [1.29, 1.82) is 0 Å². The minimum absolute atomic E-state index is 0.353. The first-order chi connectivity index (χ1) is 7.63. The second-order valence-corrected chi connectivity index (χ2v) is 3.53. The molecule has 1 N–H and O–H groups in total. The number of hydrogen-bond donors (Lipinski definition) is 1. The van der Waals surface area contributed by atoms with Crippen LogP contribution in [0.4, 0.5) is 4.79 Å². The molecule has 1 amide bonds. The fraction of sp³-hybridized carbons (Fsp3) is 0.273. The molecule has 1 aromatic rings. The van der Waals surface area contributed by atoms with Gasteiger partial charge in [-0.3, -0.25) is 4.79 Å². The Morgan fingerprint density at radius 3 is 2.50 bits per heavy atom. The predicted molar refractivity (Wildman–Crippen MR) is 60.3 cm³/mol. The first kappa shape index (κ1) is 12.5. The number of amides is 1. The fourth-order valence-electron chi connectivity index (χ4n) is 1.32. The van der Waals surface area contributed by atoms with E-state index in [1.165, 1.54) is 7.11 Å². The van der Waals surface area contributed by atoms with Gasteiger partial charge in [-0.25, -0.2) is 4.79 Å². The molecular weight excluding hydrogens is 230 g/mol. The van der Waals surface area contributed by atoms with Gasteiger partial charge < -0.3 is 10.1 Å². The molecule has 5 heteroatoms. The molecule has 0 bridgehead atoms. The van der Waals surface area contributed by atoms with Crippen LogP contribution in [0.2, 0.25) is 0 Å².